The molecule has 0 radical (unpaired) electrons. The van der Waals surface area contributed by atoms with Gasteiger partial charge >= 0.3 is 0 Å². The van der Waals surface area contributed by atoms with Crippen LogP contribution in [0.2, 0.25) is 0 Å². The fourth-order valence-electron chi connectivity index (χ4n) is 2.79. The quantitative estimate of drug-likeness (QED) is 0.675. The fraction of sp³-hybridized carbons (Fsp3) is 0.263. The van der Waals surface area contributed by atoms with E-state index in [9.17, 15) is 9.18 Å². The van der Waals surface area contributed by atoms with Gasteiger partial charge in [-0.2, -0.15) is 0 Å². The molecule has 7 heteroatoms. The Morgan fingerprint density at radius 2 is 2.08 bits per heavy atom. The lowest BCUT2D eigenvalue weighted by atomic mass is 10.2. The molecule has 1 N–H and O–H groups in total. The van der Waals surface area contributed by atoms with E-state index in [1.54, 1.807) is 12.1 Å². The number of ether oxygens (including phenoxy) is 1. The second-order valence-electron chi connectivity index (χ2n) is 6.23. The number of fused-ring (bicyclic) bond motifs is 1. The Kier molecular flexibility index (Phi) is 5.27. The summed E-state index contributed by atoms with van der Waals surface area (Å²) >= 11 is 3.44. The minimum Gasteiger partial charge on any atom is -0.494 e. The number of nitrogens with one attached hydrogen (secondary N) is 1. The fourth-order valence-corrected chi connectivity index (χ4v) is 3.14. The number of carbonyl (C=O) groups excluding carboxylic acids is 1. The molecular formula is C19H19BrFN3O2. The monoisotopic (exact) mass is 419 g/mol. The lowest BCUT2D eigenvalue weighted by Crippen LogP contribution is -2.33. The van der Waals surface area contributed by atoms with Crippen molar-refractivity contribution in [2.24, 2.45) is 0 Å². The molecule has 2 aromatic carbocycles. The lowest BCUT2D eigenvalue weighted by Gasteiger charge is -2.12. The number of benzene rings is 2. The molecule has 26 heavy (non-hydrogen) atoms. The first-order valence-electron chi connectivity index (χ1n) is 8.18. The SMILES string of the molecule is COc1cc(-c2nc3cc(Br)ccc3n2CC(=O)NC(C)C)ccc1F. The van der Waals surface area contributed by atoms with Crippen LogP contribution in [0.3, 0.4) is 0 Å². The molecule has 0 aliphatic carbocycles. The summed E-state index contributed by atoms with van der Waals surface area (Å²) in [5.41, 5.74) is 2.24. The predicted octanol–water partition coefficient (Wildman–Crippen LogP) is 4.14. The second-order valence-corrected chi connectivity index (χ2v) is 7.14. The van der Waals surface area contributed by atoms with Gasteiger partial charge in [0.05, 0.1) is 18.1 Å². The van der Waals surface area contributed by atoms with Crippen LogP contribution in [0.25, 0.3) is 22.4 Å². The van der Waals surface area contributed by atoms with E-state index in [1.165, 1.54) is 13.2 Å². The molecule has 0 spiro atoms. The van der Waals surface area contributed by atoms with E-state index < -0.39 is 5.82 Å². The average molecular weight is 420 g/mol. The van der Waals surface area contributed by atoms with Crippen LogP contribution < -0.4 is 10.1 Å². The molecule has 5 nitrogen and oxygen atoms in total. The standard InChI is InChI=1S/C19H19BrFN3O2/c1-11(2)22-18(25)10-24-16-7-5-13(20)9-15(16)23-19(24)12-4-6-14(21)17(8-12)26-3/h4-9,11H,10H2,1-3H3,(H,22,25). The van der Waals surface area contributed by atoms with Crippen molar-refractivity contribution in [3.63, 3.8) is 0 Å². The van der Waals surface area contributed by atoms with Gasteiger partial charge in [-0.3, -0.25) is 4.79 Å². The van der Waals surface area contributed by atoms with Crippen LogP contribution in [-0.2, 0) is 11.3 Å². The van der Waals surface area contributed by atoms with Crippen LogP contribution in [0, 0.1) is 5.82 Å². The number of nitrogens with zero attached hydrogens (tertiary/aromatic N) is 2. The Morgan fingerprint density at radius 1 is 1.31 bits per heavy atom. The molecule has 0 saturated heterocycles. The summed E-state index contributed by atoms with van der Waals surface area (Å²) in [6, 6.07) is 10.3. The first-order valence-corrected chi connectivity index (χ1v) is 8.97. The highest BCUT2D eigenvalue weighted by Crippen LogP contribution is 2.30. The van der Waals surface area contributed by atoms with E-state index in [2.05, 4.69) is 26.2 Å². The van der Waals surface area contributed by atoms with Crippen LogP contribution in [-0.4, -0.2) is 28.6 Å². The summed E-state index contributed by atoms with van der Waals surface area (Å²) in [7, 11) is 1.42. The maximum atomic E-state index is 13.8. The summed E-state index contributed by atoms with van der Waals surface area (Å²) in [4.78, 5) is 17.0. The van der Waals surface area contributed by atoms with Crippen molar-refractivity contribution in [1.29, 1.82) is 0 Å². The maximum absolute atomic E-state index is 13.8. The van der Waals surface area contributed by atoms with Crippen molar-refractivity contribution in [3.05, 3.63) is 46.7 Å². The molecule has 1 heterocycles. The summed E-state index contributed by atoms with van der Waals surface area (Å²) in [5, 5.41) is 2.89. The molecule has 3 rings (SSSR count). The first-order chi connectivity index (χ1) is 12.4. The molecule has 136 valence electrons. The topological polar surface area (TPSA) is 56.2 Å². The van der Waals surface area contributed by atoms with Crippen molar-refractivity contribution < 1.29 is 13.9 Å². The van der Waals surface area contributed by atoms with Crippen LogP contribution in [0.4, 0.5) is 4.39 Å². The number of amides is 1. The van der Waals surface area contributed by atoms with E-state index in [4.69, 9.17) is 4.74 Å². The summed E-state index contributed by atoms with van der Waals surface area (Å²) in [5.74, 6) is 0.154. The highest BCUT2D eigenvalue weighted by Gasteiger charge is 2.17. The van der Waals surface area contributed by atoms with Crippen molar-refractivity contribution in [2.75, 3.05) is 7.11 Å². The van der Waals surface area contributed by atoms with Gasteiger partial charge in [0.15, 0.2) is 11.6 Å². The molecule has 0 unspecified atom stereocenters. The maximum Gasteiger partial charge on any atom is 0.240 e. The number of imidazole rings is 1. The van der Waals surface area contributed by atoms with Crippen molar-refractivity contribution in [2.45, 2.75) is 26.4 Å². The summed E-state index contributed by atoms with van der Waals surface area (Å²) < 4.78 is 21.6. The van der Waals surface area contributed by atoms with Gasteiger partial charge in [0.2, 0.25) is 5.91 Å². The second kappa shape index (κ2) is 7.45. The zero-order valence-electron chi connectivity index (χ0n) is 14.7. The third kappa shape index (κ3) is 3.72. The van der Waals surface area contributed by atoms with Crippen LogP contribution in [0.15, 0.2) is 40.9 Å². The van der Waals surface area contributed by atoms with Crippen molar-refractivity contribution in [1.82, 2.24) is 14.9 Å². The number of aromatic nitrogens is 2. The lowest BCUT2D eigenvalue weighted by molar-refractivity contribution is -0.122. The molecule has 0 bridgehead atoms. The average Bonchev–Trinajstić information content (AvgIpc) is 2.92. The van der Waals surface area contributed by atoms with Crippen LogP contribution in [0.1, 0.15) is 13.8 Å². The van der Waals surface area contributed by atoms with Gasteiger partial charge in [-0.05, 0) is 50.2 Å². The summed E-state index contributed by atoms with van der Waals surface area (Å²) in [6.45, 7) is 3.94. The minimum absolute atomic E-state index is 0.0424. The van der Waals surface area contributed by atoms with E-state index in [0.717, 1.165) is 15.5 Å². The van der Waals surface area contributed by atoms with Gasteiger partial charge in [-0.25, -0.2) is 9.37 Å². The van der Waals surface area contributed by atoms with Gasteiger partial charge in [-0.1, -0.05) is 15.9 Å². The molecule has 1 amide bonds. The molecular weight excluding hydrogens is 401 g/mol. The summed E-state index contributed by atoms with van der Waals surface area (Å²) in [6.07, 6.45) is 0. The molecule has 0 atom stereocenters. The Balaban J connectivity index is 2.14. The number of halogens is 2. The zero-order chi connectivity index (χ0) is 18.8. The zero-order valence-corrected chi connectivity index (χ0v) is 16.3. The van der Waals surface area contributed by atoms with Gasteiger partial charge in [0.1, 0.15) is 12.4 Å². The van der Waals surface area contributed by atoms with Crippen molar-refractivity contribution in [3.8, 4) is 17.1 Å². The molecule has 1 aromatic heterocycles. The van der Waals surface area contributed by atoms with Gasteiger partial charge in [0, 0.05) is 16.1 Å². The van der Waals surface area contributed by atoms with E-state index in [-0.39, 0.29) is 24.2 Å². The van der Waals surface area contributed by atoms with Crippen LogP contribution in [0.5, 0.6) is 5.75 Å². The van der Waals surface area contributed by atoms with E-state index in [0.29, 0.717) is 11.4 Å². The normalized spacial score (nSPS) is 11.2. The Morgan fingerprint density at radius 3 is 2.77 bits per heavy atom. The van der Waals surface area contributed by atoms with Crippen molar-refractivity contribution >= 4 is 32.9 Å². The number of hydrogen-bond acceptors (Lipinski definition) is 3. The number of rotatable bonds is 5. The highest BCUT2D eigenvalue weighted by atomic mass is 79.9. The van der Waals surface area contributed by atoms with E-state index >= 15 is 0 Å². The van der Waals surface area contributed by atoms with Gasteiger partial charge < -0.3 is 14.6 Å². The molecule has 0 aliphatic heterocycles. The van der Waals surface area contributed by atoms with Gasteiger partial charge in [-0.15, -0.1) is 0 Å². The predicted molar refractivity (Wildman–Crippen MR) is 103 cm³/mol. The van der Waals surface area contributed by atoms with E-state index in [1.807, 2.05) is 36.6 Å². The number of methoxy groups -OCH3 is 1. The smallest absolute Gasteiger partial charge is 0.240 e. The highest BCUT2D eigenvalue weighted by molar-refractivity contribution is 9.10. The first kappa shape index (κ1) is 18.4. The Hall–Kier alpha value is -2.41. The van der Waals surface area contributed by atoms with Crippen LogP contribution >= 0.6 is 15.9 Å². The van der Waals surface area contributed by atoms with Gasteiger partial charge in [0.25, 0.3) is 0 Å². The number of carbonyl (C=O) groups is 1. The Bertz CT molecular complexity index is 969. The molecule has 0 fully saturated rings. The minimum atomic E-state index is -0.445. The molecule has 0 saturated carbocycles. The third-order valence-electron chi connectivity index (χ3n) is 3.87. The Labute approximate surface area is 159 Å². The largest absolute Gasteiger partial charge is 0.494 e. The number of hydrogen-bond donors (Lipinski definition) is 1. The molecule has 0 aliphatic rings. The third-order valence-corrected chi connectivity index (χ3v) is 4.36. The molecule has 3 aromatic rings.